The fourth-order valence-corrected chi connectivity index (χ4v) is 4.48. The van der Waals surface area contributed by atoms with Crippen molar-refractivity contribution in [2.45, 2.75) is 84.1 Å². The van der Waals surface area contributed by atoms with E-state index in [1.54, 1.807) is 21.1 Å². The lowest BCUT2D eigenvalue weighted by molar-refractivity contribution is -0.147. The van der Waals surface area contributed by atoms with Crippen molar-refractivity contribution in [2.75, 3.05) is 21.0 Å². The fourth-order valence-electron chi connectivity index (χ4n) is 2.60. The summed E-state index contributed by atoms with van der Waals surface area (Å²) in [7, 11) is 0.437. The van der Waals surface area contributed by atoms with E-state index in [1.165, 1.54) is 51.4 Å². The Morgan fingerprint density at radius 1 is 0.880 bits per heavy atom. The van der Waals surface area contributed by atoms with Gasteiger partial charge in [-0.3, -0.25) is 0 Å². The van der Waals surface area contributed by atoms with Crippen LogP contribution in [0.15, 0.2) is 12.2 Å². The van der Waals surface area contributed by atoms with Crippen molar-refractivity contribution in [3.05, 3.63) is 12.2 Å². The zero-order chi connectivity index (χ0) is 19.0. The molecule has 0 aromatic heterocycles. The molecule has 0 atom stereocenters. The van der Waals surface area contributed by atoms with E-state index in [0.29, 0.717) is 5.57 Å². The summed E-state index contributed by atoms with van der Waals surface area (Å²) in [5, 5.41) is 0. The summed E-state index contributed by atoms with van der Waals surface area (Å²) in [6, 6.07) is 0.737. The molecule has 0 N–H and O–H groups in total. The number of rotatable bonds is 17. The molecular weight excluding hydrogens is 336 g/mol. The van der Waals surface area contributed by atoms with Gasteiger partial charge in [0.25, 0.3) is 0 Å². The van der Waals surface area contributed by atoms with Crippen molar-refractivity contribution in [2.24, 2.45) is 0 Å². The van der Waals surface area contributed by atoms with E-state index in [-0.39, 0.29) is 6.79 Å². The van der Waals surface area contributed by atoms with Crippen LogP contribution in [-0.2, 0) is 22.8 Å². The Bertz CT molecular complexity index is 356. The van der Waals surface area contributed by atoms with E-state index in [2.05, 4.69) is 13.5 Å². The smallest absolute Gasteiger partial charge is 0.436 e. The first kappa shape index (κ1) is 24.3. The Balaban J connectivity index is 3.84. The highest BCUT2D eigenvalue weighted by Crippen LogP contribution is 2.19. The number of hydrogen-bond acceptors (Lipinski definition) is 5. The molecule has 148 valence electrons. The molecular formula is C19H38O5Si. The number of hydrogen-bond donors (Lipinski definition) is 0. The SMILES string of the molecule is C=C(C)C(=O)OCO[Si](CCCCCCCCCCCC)(OC)OC. The molecule has 0 aliphatic rings. The van der Waals surface area contributed by atoms with Gasteiger partial charge in [0.2, 0.25) is 0 Å². The Morgan fingerprint density at radius 3 is 1.80 bits per heavy atom. The van der Waals surface area contributed by atoms with Gasteiger partial charge in [-0.2, -0.15) is 0 Å². The summed E-state index contributed by atoms with van der Waals surface area (Å²) in [5.74, 6) is -0.464. The van der Waals surface area contributed by atoms with Gasteiger partial charge in [0.1, 0.15) is 0 Å². The van der Waals surface area contributed by atoms with Crippen LogP contribution in [0.5, 0.6) is 0 Å². The van der Waals surface area contributed by atoms with Crippen LogP contribution >= 0.6 is 0 Å². The molecule has 0 aromatic rings. The van der Waals surface area contributed by atoms with Crippen molar-refractivity contribution < 1.29 is 22.8 Å². The van der Waals surface area contributed by atoms with Gasteiger partial charge in [-0.05, 0) is 13.3 Å². The van der Waals surface area contributed by atoms with Gasteiger partial charge in [0, 0.05) is 25.8 Å². The molecule has 0 aliphatic heterocycles. The van der Waals surface area contributed by atoms with Gasteiger partial charge in [-0.1, -0.05) is 71.3 Å². The molecule has 0 saturated heterocycles. The lowest BCUT2D eigenvalue weighted by atomic mass is 10.1. The normalized spacial score (nSPS) is 11.5. The maximum absolute atomic E-state index is 11.4. The molecule has 0 bridgehead atoms. The summed E-state index contributed by atoms with van der Waals surface area (Å²) in [6.07, 6.45) is 12.8. The van der Waals surface area contributed by atoms with Gasteiger partial charge >= 0.3 is 14.8 Å². The maximum atomic E-state index is 11.4. The molecule has 0 spiro atoms. The van der Waals surface area contributed by atoms with Crippen LogP contribution in [0.2, 0.25) is 6.04 Å². The third kappa shape index (κ3) is 12.3. The van der Waals surface area contributed by atoms with Gasteiger partial charge < -0.3 is 18.0 Å². The minimum atomic E-state index is -2.74. The zero-order valence-electron chi connectivity index (χ0n) is 16.7. The topological polar surface area (TPSA) is 54.0 Å². The maximum Gasteiger partial charge on any atom is 0.502 e. The third-order valence-corrected chi connectivity index (χ3v) is 7.04. The number of ether oxygens (including phenoxy) is 1. The second-order valence-corrected chi connectivity index (χ2v) is 9.47. The Kier molecular flexibility index (Phi) is 15.1. The van der Waals surface area contributed by atoms with E-state index in [0.717, 1.165) is 18.9 Å². The van der Waals surface area contributed by atoms with Crippen LogP contribution in [0.25, 0.3) is 0 Å². The molecule has 25 heavy (non-hydrogen) atoms. The Labute approximate surface area is 155 Å². The molecule has 0 rings (SSSR count). The summed E-state index contributed by atoms with van der Waals surface area (Å²) in [5.41, 5.74) is 0.348. The average molecular weight is 375 g/mol. The predicted octanol–water partition coefficient (Wildman–Crippen LogP) is 5.23. The minimum Gasteiger partial charge on any atom is -0.436 e. The molecule has 0 radical (unpaired) electrons. The second kappa shape index (κ2) is 15.6. The van der Waals surface area contributed by atoms with Gasteiger partial charge in [0.05, 0.1) is 0 Å². The van der Waals surface area contributed by atoms with Crippen molar-refractivity contribution in [1.82, 2.24) is 0 Å². The molecule has 0 saturated carbocycles. The molecule has 0 unspecified atom stereocenters. The van der Waals surface area contributed by atoms with Crippen molar-refractivity contribution in [3.8, 4) is 0 Å². The molecule has 0 fully saturated rings. The van der Waals surface area contributed by atoms with Crippen molar-refractivity contribution in [3.63, 3.8) is 0 Å². The highest BCUT2D eigenvalue weighted by atomic mass is 28.4. The standard InChI is InChI=1S/C19H38O5Si/c1-6-7-8-9-10-11-12-13-14-15-16-25(21-4,22-5)24-17-23-19(20)18(2)3/h2,6-17H2,1,3-5H3. The van der Waals surface area contributed by atoms with Crippen LogP contribution < -0.4 is 0 Å². The van der Waals surface area contributed by atoms with E-state index < -0.39 is 14.8 Å². The number of esters is 1. The molecule has 6 heteroatoms. The third-order valence-electron chi connectivity index (χ3n) is 4.28. The monoisotopic (exact) mass is 374 g/mol. The Hall–Kier alpha value is -0.693. The van der Waals surface area contributed by atoms with Gasteiger partial charge in [0.15, 0.2) is 6.79 Å². The van der Waals surface area contributed by atoms with Crippen LogP contribution in [0.3, 0.4) is 0 Å². The minimum absolute atomic E-state index is 0.155. The van der Waals surface area contributed by atoms with Crippen molar-refractivity contribution >= 4 is 14.8 Å². The highest BCUT2D eigenvalue weighted by Gasteiger charge is 2.38. The summed E-state index contributed by atoms with van der Waals surface area (Å²) < 4.78 is 21.6. The zero-order valence-corrected chi connectivity index (χ0v) is 17.7. The molecule has 5 nitrogen and oxygen atoms in total. The van der Waals surface area contributed by atoms with Crippen molar-refractivity contribution in [1.29, 1.82) is 0 Å². The van der Waals surface area contributed by atoms with Gasteiger partial charge in [-0.15, -0.1) is 0 Å². The van der Waals surface area contributed by atoms with Gasteiger partial charge in [-0.25, -0.2) is 4.79 Å². The van der Waals surface area contributed by atoms with Crippen LogP contribution in [-0.4, -0.2) is 35.8 Å². The number of unbranched alkanes of at least 4 members (excludes halogenated alkanes) is 9. The predicted molar refractivity (Wildman–Crippen MR) is 103 cm³/mol. The summed E-state index contributed by atoms with van der Waals surface area (Å²) in [4.78, 5) is 11.4. The second-order valence-electron chi connectivity index (χ2n) is 6.50. The quantitative estimate of drug-likeness (QED) is 0.115. The summed E-state index contributed by atoms with van der Waals surface area (Å²) in [6.45, 7) is 7.23. The average Bonchev–Trinajstić information content (AvgIpc) is 2.61. The first-order chi connectivity index (χ1) is 12.0. The van der Waals surface area contributed by atoms with E-state index in [9.17, 15) is 4.79 Å². The first-order valence-corrected chi connectivity index (χ1v) is 11.5. The number of carbonyl (C=O) groups excluding carboxylic acids is 1. The lowest BCUT2D eigenvalue weighted by Crippen LogP contribution is -2.44. The fraction of sp³-hybridized carbons (Fsp3) is 0.842. The van der Waals surface area contributed by atoms with Crippen LogP contribution in [0.1, 0.15) is 78.1 Å². The molecule has 0 heterocycles. The van der Waals surface area contributed by atoms with Crippen LogP contribution in [0.4, 0.5) is 0 Å². The van der Waals surface area contributed by atoms with Crippen LogP contribution in [0, 0.1) is 0 Å². The van der Waals surface area contributed by atoms with E-state index in [4.69, 9.17) is 18.0 Å². The highest BCUT2D eigenvalue weighted by molar-refractivity contribution is 6.60. The molecule has 0 aromatic carbocycles. The number of carbonyl (C=O) groups is 1. The van der Waals surface area contributed by atoms with E-state index in [1.807, 2.05) is 0 Å². The lowest BCUT2D eigenvalue weighted by Gasteiger charge is -2.26. The largest absolute Gasteiger partial charge is 0.502 e. The first-order valence-electron chi connectivity index (χ1n) is 9.58. The van der Waals surface area contributed by atoms with E-state index >= 15 is 0 Å². The molecule has 0 aliphatic carbocycles. The summed E-state index contributed by atoms with van der Waals surface area (Å²) >= 11 is 0. The Morgan fingerprint density at radius 2 is 1.36 bits per heavy atom. The molecule has 0 amide bonds.